The molecule has 0 radical (unpaired) electrons. The summed E-state index contributed by atoms with van der Waals surface area (Å²) in [5, 5.41) is 2.89. The molecule has 0 unspecified atom stereocenters. The number of methoxy groups -OCH3 is 1. The molecule has 0 atom stereocenters. The molecule has 2 aromatic carbocycles. The number of nitrogens with one attached hydrogen (secondary N) is 1. The van der Waals surface area contributed by atoms with Gasteiger partial charge >= 0.3 is 0 Å². The number of hydrogen-bond acceptors (Lipinski definition) is 3. The topological polar surface area (TPSA) is 38.3 Å². The van der Waals surface area contributed by atoms with Gasteiger partial charge in [-0.3, -0.25) is 4.79 Å². The van der Waals surface area contributed by atoms with Gasteiger partial charge in [-0.1, -0.05) is 29.3 Å². The second-order valence-corrected chi connectivity index (χ2v) is 6.25. The first-order valence-corrected chi connectivity index (χ1v) is 8.31. The normalized spacial score (nSPS) is 10.3. The van der Waals surface area contributed by atoms with Crippen LogP contribution in [0.15, 0.2) is 42.5 Å². The van der Waals surface area contributed by atoms with Gasteiger partial charge in [0.25, 0.3) is 0 Å². The summed E-state index contributed by atoms with van der Waals surface area (Å²) in [6.07, 6.45) is 0. The van der Waals surface area contributed by atoms with Crippen molar-refractivity contribution in [3.8, 4) is 5.75 Å². The van der Waals surface area contributed by atoms with E-state index in [4.69, 9.17) is 4.74 Å². The molecule has 1 N–H and O–H groups in total. The maximum Gasteiger partial charge on any atom is 0.234 e. The molecule has 4 heteroatoms. The van der Waals surface area contributed by atoms with Gasteiger partial charge in [-0.05, 0) is 43.7 Å². The molecule has 0 aliphatic heterocycles. The summed E-state index contributed by atoms with van der Waals surface area (Å²) >= 11 is 1.62. The molecule has 2 rings (SSSR count). The van der Waals surface area contributed by atoms with E-state index >= 15 is 0 Å². The molecule has 0 saturated carbocycles. The summed E-state index contributed by atoms with van der Waals surface area (Å²) in [5.41, 5.74) is 4.58. The zero-order chi connectivity index (χ0) is 15.9. The van der Waals surface area contributed by atoms with Crippen molar-refractivity contribution in [2.45, 2.75) is 19.6 Å². The lowest BCUT2D eigenvalue weighted by molar-refractivity contribution is -0.113. The first-order chi connectivity index (χ1) is 10.6. The summed E-state index contributed by atoms with van der Waals surface area (Å²) in [4.78, 5) is 11.9. The predicted molar refractivity (Wildman–Crippen MR) is 93.7 cm³/mol. The molecular formula is C18H21NO2S. The van der Waals surface area contributed by atoms with Crippen LogP contribution in [-0.4, -0.2) is 18.8 Å². The molecule has 0 spiro atoms. The SMILES string of the molecule is COc1ccc(NC(=O)CSCc2cc(C)cc(C)c2)cc1. The molecular weight excluding hydrogens is 294 g/mol. The van der Waals surface area contributed by atoms with E-state index in [1.807, 2.05) is 24.3 Å². The minimum atomic E-state index is 0.0135. The van der Waals surface area contributed by atoms with Gasteiger partial charge in [-0.15, -0.1) is 11.8 Å². The van der Waals surface area contributed by atoms with Gasteiger partial charge in [0.2, 0.25) is 5.91 Å². The second kappa shape index (κ2) is 7.90. The van der Waals surface area contributed by atoms with Crippen molar-refractivity contribution in [3.63, 3.8) is 0 Å². The largest absolute Gasteiger partial charge is 0.497 e. The second-order valence-electron chi connectivity index (χ2n) is 5.27. The first-order valence-electron chi connectivity index (χ1n) is 7.15. The monoisotopic (exact) mass is 315 g/mol. The van der Waals surface area contributed by atoms with Crippen LogP contribution in [0.1, 0.15) is 16.7 Å². The molecule has 0 saturated heterocycles. The summed E-state index contributed by atoms with van der Waals surface area (Å²) in [7, 11) is 1.62. The lowest BCUT2D eigenvalue weighted by Gasteiger charge is -2.07. The number of rotatable bonds is 6. The van der Waals surface area contributed by atoms with Crippen LogP contribution < -0.4 is 10.1 Å². The Hall–Kier alpha value is -1.94. The number of anilines is 1. The fourth-order valence-corrected chi connectivity index (χ4v) is 3.05. The molecule has 0 bridgehead atoms. The van der Waals surface area contributed by atoms with Gasteiger partial charge in [-0.2, -0.15) is 0 Å². The fourth-order valence-electron chi connectivity index (χ4n) is 2.29. The molecule has 2 aromatic rings. The Morgan fingerprint density at radius 3 is 2.32 bits per heavy atom. The summed E-state index contributed by atoms with van der Waals surface area (Å²) in [6, 6.07) is 13.8. The van der Waals surface area contributed by atoms with Gasteiger partial charge < -0.3 is 10.1 Å². The Bertz CT molecular complexity index is 618. The number of thioether (sulfide) groups is 1. The van der Waals surface area contributed by atoms with E-state index in [1.54, 1.807) is 18.9 Å². The van der Waals surface area contributed by atoms with Crippen molar-refractivity contribution in [2.24, 2.45) is 0 Å². The number of ether oxygens (including phenoxy) is 1. The maximum atomic E-state index is 11.9. The van der Waals surface area contributed by atoms with Gasteiger partial charge in [0.05, 0.1) is 12.9 Å². The highest BCUT2D eigenvalue weighted by atomic mass is 32.2. The molecule has 0 aliphatic carbocycles. The predicted octanol–water partition coefficient (Wildman–Crippen LogP) is 4.18. The average Bonchev–Trinajstić information content (AvgIpc) is 2.47. The quantitative estimate of drug-likeness (QED) is 0.869. The third kappa shape index (κ3) is 5.11. The van der Waals surface area contributed by atoms with Crippen molar-refractivity contribution in [1.82, 2.24) is 0 Å². The zero-order valence-corrected chi connectivity index (χ0v) is 14.0. The van der Waals surface area contributed by atoms with Crippen molar-refractivity contribution >= 4 is 23.4 Å². The molecule has 116 valence electrons. The highest BCUT2D eigenvalue weighted by Gasteiger charge is 2.04. The smallest absolute Gasteiger partial charge is 0.234 e. The van der Waals surface area contributed by atoms with Crippen LogP contribution in [0.5, 0.6) is 5.75 Å². The van der Waals surface area contributed by atoms with Crippen LogP contribution >= 0.6 is 11.8 Å². The minimum absolute atomic E-state index is 0.0135. The standard InChI is InChI=1S/C18H21NO2S/c1-13-8-14(2)10-15(9-13)11-22-12-18(20)19-16-4-6-17(21-3)7-5-16/h4-10H,11-12H2,1-3H3,(H,19,20). The van der Waals surface area contributed by atoms with E-state index in [2.05, 4.69) is 37.4 Å². The molecule has 0 fully saturated rings. The lowest BCUT2D eigenvalue weighted by atomic mass is 10.1. The number of aryl methyl sites for hydroxylation is 2. The number of carbonyl (C=O) groups excluding carboxylic acids is 1. The van der Waals surface area contributed by atoms with E-state index in [0.29, 0.717) is 5.75 Å². The molecule has 0 aliphatic rings. The molecule has 3 nitrogen and oxygen atoms in total. The van der Waals surface area contributed by atoms with Crippen LogP contribution in [-0.2, 0) is 10.5 Å². The molecule has 0 aromatic heterocycles. The zero-order valence-electron chi connectivity index (χ0n) is 13.2. The van der Waals surface area contributed by atoms with E-state index in [-0.39, 0.29) is 5.91 Å². The van der Waals surface area contributed by atoms with Crippen LogP contribution in [0.4, 0.5) is 5.69 Å². The minimum Gasteiger partial charge on any atom is -0.497 e. The Morgan fingerprint density at radius 2 is 1.73 bits per heavy atom. The number of amides is 1. The van der Waals surface area contributed by atoms with Crippen molar-refractivity contribution in [2.75, 3.05) is 18.2 Å². The summed E-state index contributed by atoms with van der Waals surface area (Å²) in [6.45, 7) is 4.19. The van der Waals surface area contributed by atoms with Crippen LogP contribution in [0.25, 0.3) is 0 Å². The fraction of sp³-hybridized carbons (Fsp3) is 0.278. The van der Waals surface area contributed by atoms with Crippen LogP contribution in [0.2, 0.25) is 0 Å². The highest BCUT2D eigenvalue weighted by Crippen LogP contribution is 2.18. The Kier molecular flexibility index (Phi) is 5.90. The third-order valence-electron chi connectivity index (χ3n) is 3.16. The number of hydrogen-bond donors (Lipinski definition) is 1. The Morgan fingerprint density at radius 1 is 1.09 bits per heavy atom. The first kappa shape index (κ1) is 16.4. The van der Waals surface area contributed by atoms with Crippen molar-refractivity contribution in [1.29, 1.82) is 0 Å². The molecule has 1 amide bonds. The maximum absolute atomic E-state index is 11.9. The lowest BCUT2D eigenvalue weighted by Crippen LogP contribution is -2.14. The van der Waals surface area contributed by atoms with Gasteiger partial charge in [0, 0.05) is 11.4 Å². The van der Waals surface area contributed by atoms with E-state index < -0.39 is 0 Å². The molecule has 22 heavy (non-hydrogen) atoms. The average molecular weight is 315 g/mol. The Balaban J connectivity index is 1.79. The van der Waals surface area contributed by atoms with Gasteiger partial charge in [0.15, 0.2) is 0 Å². The van der Waals surface area contributed by atoms with Crippen molar-refractivity contribution < 1.29 is 9.53 Å². The van der Waals surface area contributed by atoms with E-state index in [1.165, 1.54) is 16.7 Å². The van der Waals surface area contributed by atoms with E-state index in [9.17, 15) is 4.79 Å². The van der Waals surface area contributed by atoms with Gasteiger partial charge in [-0.25, -0.2) is 0 Å². The summed E-state index contributed by atoms with van der Waals surface area (Å²) in [5.74, 6) is 2.08. The van der Waals surface area contributed by atoms with Crippen molar-refractivity contribution in [3.05, 3.63) is 59.2 Å². The summed E-state index contributed by atoms with van der Waals surface area (Å²) < 4.78 is 5.09. The number of benzene rings is 2. The highest BCUT2D eigenvalue weighted by molar-refractivity contribution is 7.99. The number of carbonyl (C=O) groups is 1. The van der Waals surface area contributed by atoms with Crippen LogP contribution in [0, 0.1) is 13.8 Å². The third-order valence-corrected chi connectivity index (χ3v) is 4.16. The van der Waals surface area contributed by atoms with Gasteiger partial charge in [0.1, 0.15) is 5.75 Å². The molecule has 0 heterocycles. The van der Waals surface area contributed by atoms with E-state index in [0.717, 1.165) is 17.2 Å². The Labute approximate surface area is 136 Å². The van der Waals surface area contributed by atoms with Crippen LogP contribution in [0.3, 0.4) is 0 Å².